The highest BCUT2D eigenvalue weighted by molar-refractivity contribution is 6.32. The third-order valence-corrected chi connectivity index (χ3v) is 3.19. The van der Waals surface area contributed by atoms with Gasteiger partial charge in [-0.1, -0.05) is 17.7 Å². The molecule has 1 heterocycles. The SMILES string of the molecule is O=C1CCC(c2ccc(C(=O)O)cc2Cl)C(=O)N1. The first-order valence-corrected chi connectivity index (χ1v) is 5.73. The summed E-state index contributed by atoms with van der Waals surface area (Å²) in [5.41, 5.74) is 0.614. The molecule has 1 aliphatic rings. The van der Waals surface area contributed by atoms with Crippen molar-refractivity contribution < 1.29 is 19.5 Å². The maximum atomic E-state index is 11.7. The van der Waals surface area contributed by atoms with Gasteiger partial charge in [0.2, 0.25) is 11.8 Å². The number of amides is 2. The highest BCUT2D eigenvalue weighted by atomic mass is 35.5. The minimum absolute atomic E-state index is 0.0658. The van der Waals surface area contributed by atoms with E-state index >= 15 is 0 Å². The summed E-state index contributed by atoms with van der Waals surface area (Å²) in [5, 5.41) is 11.3. The number of imide groups is 1. The molecule has 0 aliphatic carbocycles. The van der Waals surface area contributed by atoms with Gasteiger partial charge in [-0.15, -0.1) is 0 Å². The van der Waals surface area contributed by atoms with E-state index < -0.39 is 17.8 Å². The molecule has 0 bridgehead atoms. The van der Waals surface area contributed by atoms with Crippen LogP contribution in [-0.4, -0.2) is 22.9 Å². The first-order chi connectivity index (χ1) is 8.49. The fourth-order valence-electron chi connectivity index (χ4n) is 1.93. The van der Waals surface area contributed by atoms with Crippen LogP contribution in [0.3, 0.4) is 0 Å². The van der Waals surface area contributed by atoms with Crippen LogP contribution in [0.15, 0.2) is 18.2 Å². The van der Waals surface area contributed by atoms with Gasteiger partial charge >= 0.3 is 5.97 Å². The molecule has 5 nitrogen and oxygen atoms in total. The van der Waals surface area contributed by atoms with Crippen LogP contribution < -0.4 is 5.32 Å². The molecule has 1 unspecified atom stereocenters. The normalized spacial score (nSPS) is 19.5. The summed E-state index contributed by atoms with van der Waals surface area (Å²) < 4.78 is 0. The number of halogens is 1. The molecule has 18 heavy (non-hydrogen) atoms. The quantitative estimate of drug-likeness (QED) is 0.797. The van der Waals surface area contributed by atoms with Gasteiger partial charge in [-0.05, 0) is 24.1 Å². The molecule has 6 heteroatoms. The van der Waals surface area contributed by atoms with Gasteiger partial charge < -0.3 is 5.11 Å². The van der Waals surface area contributed by atoms with E-state index in [0.717, 1.165) is 0 Å². The Kier molecular flexibility index (Phi) is 3.34. The van der Waals surface area contributed by atoms with Crippen molar-refractivity contribution in [1.82, 2.24) is 5.32 Å². The standard InChI is InChI=1S/C12H10ClNO4/c13-9-5-6(12(17)18)1-2-7(9)8-3-4-10(15)14-11(8)16/h1-2,5,8H,3-4H2,(H,17,18)(H,14,15,16). The second-order valence-corrected chi connectivity index (χ2v) is 4.45. The average molecular weight is 268 g/mol. The molecule has 0 saturated carbocycles. The van der Waals surface area contributed by atoms with Crippen molar-refractivity contribution in [1.29, 1.82) is 0 Å². The van der Waals surface area contributed by atoms with E-state index in [0.29, 0.717) is 12.0 Å². The number of carbonyl (C=O) groups is 3. The van der Waals surface area contributed by atoms with Crippen LogP contribution in [0.25, 0.3) is 0 Å². The van der Waals surface area contributed by atoms with Crippen LogP contribution in [0.1, 0.15) is 34.7 Å². The molecule has 94 valence electrons. The molecule has 0 spiro atoms. The predicted octanol–water partition coefficient (Wildman–Crippen LogP) is 1.56. The van der Waals surface area contributed by atoms with Gasteiger partial charge in [-0.2, -0.15) is 0 Å². The highest BCUT2D eigenvalue weighted by Crippen LogP contribution is 2.31. The number of benzene rings is 1. The van der Waals surface area contributed by atoms with Gasteiger partial charge in [0.05, 0.1) is 11.5 Å². The van der Waals surface area contributed by atoms with Crippen molar-refractivity contribution in [3.05, 3.63) is 34.3 Å². The number of hydrogen-bond acceptors (Lipinski definition) is 3. The molecule has 1 saturated heterocycles. The number of nitrogens with one attached hydrogen (secondary N) is 1. The Morgan fingerprint density at radius 3 is 2.67 bits per heavy atom. The number of carboxylic acids is 1. The second kappa shape index (κ2) is 4.78. The lowest BCUT2D eigenvalue weighted by molar-refractivity contribution is -0.134. The Hall–Kier alpha value is -1.88. The van der Waals surface area contributed by atoms with E-state index in [4.69, 9.17) is 16.7 Å². The molecule has 1 atom stereocenters. The minimum atomic E-state index is -1.08. The Morgan fingerprint density at radius 1 is 1.39 bits per heavy atom. The van der Waals surface area contributed by atoms with Crippen molar-refractivity contribution in [2.24, 2.45) is 0 Å². The van der Waals surface area contributed by atoms with Crippen molar-refractivity contribution >= 4 is 29.4 Å². The lowest BCUT2D eigenvalue weighted by Crippen LogP contribution is -2.39. The van der Waals surface area contributed by atoms with Gasteiger partial charge in [-0.25, -0.2) is 4.79 Å². The first-order valence-electron chi connectivity index (χ1n) is 5.35. The molecule has 2 amide bonds. The third-order valence-electron chi connectivity index (χ3n) is 2.86. The van der Waals surface area contributed by atoms with Crippen molar-refractivity contribution in [2.45, 2.75) is 18.8 Å². The van der Waals surface area contributed by atoms with Crippen molar-refractivity contribution in [3.8, 4) is 0 Å². The molecule has 1 aromatic rings. The summed E-state index contributed by atoms with van der Waals surface area (Å²) in [4.78, 5) is 33.5. The van der Waals surface area contributed by atoms with Gasteiger partial charge in [0.25, 0.3) is 0 Å². The van der Waals surface area contributed by atoms with Crippen LogP contribution in [0.4, 0.5) is 0 Å². The molecule has 1 aliphatic heterocycles. The molecule has 2 N–H and O–H groups in total. The van der Waals surface area contributed by atoms with E-state index in [-0.39, 0.29) is 22.9 Å². The zero-order chi connectivity index (χ0) is 13.3. The average Bonchev–Trinajstić information content (AvgIpc) is 2.30. The molecular weight excluding hydrogens is 258 g/mol. The number of rotatable bonds is 2. The van der Waals surface area contributed by atoms with Crippen LogP contribution in [0, 0.1) is 0 Å². The predicted molar refractivity (Wildman–Crippen MR) is 63.5 cm³/mol. The van der Waals surface area contributed by atoms with E-state index in [2.05, 4.69) is 5.32 Å². The summed E-state index contributed by atoms with van der Waals surface area (Å²) in [7, 11) is 0. The fraction of sp³-hybridized carbons (Fsp3) is 0.250. The maximum Gasteiger partial charge on any atom is 0.335 e. The minimum Gasteiger partial charge on any atom is -0.478 e. The van der Waals surface area contributed by atoms with E-state index in [1.807, 2.05) is 0 Å². The van der Waals surface area contributed by atoms with Crippen LogP contribution >= 0.6 is 11.6 Å². The molecule has 2 rings (SSSR count). The molecule has 1 fully saturated rings. The lowest BCUT2D eigenvalue weighted by atomic mass is 9.90. The van der Waals surface area contributed by atoms with Crippen LogP contribution in [-0.2, 0) is 9.59 Å². The van der Waals surface area contributed by atoms with Gasteiger partial charge in [0.1, 0.15) is 0 Å². The smallest absolute Gasteiger partial charge is 0.335 e. The Labute approximate surface area is 108 Å². The van der Waals surface area contributed by atoms with Gasteiger partial charge in [-0.3, -0.25) is 14.9 Å². The van der Waals surface area contributed by atoms with Gasteiger partial charge in [0.15, 0.2) is 0 Å². The Balaban J connectivity index is 2.31. The number of carboxylic acid groups (broad SMARTS) is 1. The summed E-state index contributed by atoms with van der Waals surface area (Å²) in [5.74, 6) is -2.27. The maximum absolute atomic E-state index is 11.7. The topological polar surface area (TPSA) is 83.5 Å². The fourth-order valence-corrected chi connectivity index (χ4v) is 2.25. The summed E-state index contributed by atoms with van der Waals surface area (Å²) in [6.45, 7) is 0. The molecule has 1 aromatic carbocycles. The highest BCUT2D eigenvalue weighted by Gasteiger charge is 2.29. The largest absolute Gasteiger partial charge is 0.478 e. The summed E-state index contributed by atoms with van der Waals surface area (Å²) in [6.07, 6.45) is 0.643. The van der Waals surface area contributed by atoms with Crippen molar-refractivity contribution in [3.63, 3.8) is 0 Å². The summed E-state index contributed by atoms with van der Waals surface area (Å²) >= 11 is 5.98. The zero-order valence-corrected chi connectivity index (χ0v) is 10.0. The number of aromatic carboxylic acids is 1. The number of hydrogen-bond donors (Lipinski definition) is 2. The number of carbonyl (C=O) groups excluding carboxylic acids is 2. The lowest BCUT2D eigenvalue weighted by Gasteiger charge is -2.22. The van der Waals surface area contributed by atoms with E-state index in [1.165, 1.54) is 18.2 Å². The molecular formula is C12H10ClNO4. The van der Waals surface area contributed by atoms with Gasteiger partial charge in [0, 0.05) is 11.4 Å². The zero-order valence-electron chi connectivity index (χ0n) is 9.27. The molecule has 0 radical (unpaired) electrons. The molecule has 0 aromatic heterocycles. The van der Waals surface area contributed by atoms with Crippen molar-refractivity contribution in [2.75, 3.05) is 0 Å². The second-order valence-electron chi connectivity index (χ2n) is 4.05. The Morgan fingerprint density at radius 2 is 2.11 bits per heavy atom. The van der Waals surface area contributed by atoms with E-state index in [1.54, 1.807) is 0 Å². The monoisotopic (exact) mass is 267 g/mol. The van der Waals surface area contributed by atoms with Crippen LogP contribution in [0.2, 0.25) is 5.02 Å². The third kappa shape index (κ3) is 2.36. The Bertz CT molecular complexity index is 541. The van der Waals surface area contributed by atoms with Crippen LogP contribution in [0.5, 0.6) is 0 Å². The first kappa shape index (κ1) is 12.6. The van der Waals surface area contributed by atoms with E-state index in [9.17, 15) is 14.4 Å². The number of piperidine rings is 1. The summed E-state index contributed by atoms with van der Waals surface area (Å²) in [6, 6.07) is 4.22.